The van der Waals surface area contributed by atoms with Gasteiger partial charge < -0.3 is 9.84 Å². The molecular formula is C5H4F6O3. The standard InChI is InChI=1S/C5H4F6O3/c1-3(13,5(9,10)11)14-2(12)4(6,7)8/h13H,1H3. The van der Waals surface area contributed by atoms with Crippen LogP contribution in [-0.4, -0.2) is 29.2 Å². The number of hydrogen-bond acceptors (Lipinski definition) is 3. The lowest BCUT2D eigenvalue weighted by molar-refractivity contribution is -0.351. The molecule has 0 aliphatic carbocycles. The zero-order chi connectivity index (χ0) is 11.8. The van der Waals surface area contributed by atoms with Crippen molar-refractivity contribution in [2.75, 3.05) is 0 Å². The molecule has 0 aliphatic rings. The highest BCUT2D eigenvalue weighted by Gasteiger charge is 2.57. The van der Waals surface area contributed by atoms with E-state index in [1.165, 1.54) is 0 Å². The minimum absolute atomic E-state index is 0.114. The highest BCUT2D eigenvalue weighted by molar-refractivity contribution is 5.76. The second-order valence-electron chi connectivity index (χ2n) is 2.37. The maximum absolute atomic E-state index is 11.7. The van der Waals surface area contributed by atoms with E-state index in [0.29, 0.717) is 0 Å². The Bertz CT molecular complexity index is 227. The summed E-state index contributed by atoms with van der Waals surface area (Å²) >= 11 is 0. The van der Waals surface area contributed by atoms with Gasteiger partial charge in [-0.25, -0.2) is 4.79 Å². The zero-order valence-corrected chi connectivity index (χ0v) is 6.53. The molecule has 0 rings (SSSR count). The Labute approximate surface area is 73.3 Å². The quantitative estimate of drug-likeness (QED) is 0.417. The van der Waals surface area contributed by atoms with Crippen molar-refractivity contribution >= 4 is 5.97 Å². The number of aliphatic hydroxyl groups is 1. The number of halogens is 6. The molecule has 1 unspecified atom stereocenters. The fourth-order valence-electron chi connectivity index (χ4n) is 0.296. The van der Waals surface area contributed by atoms with Crippen molar-refractivity contribution < 1.29 is 41.0 Å². The van der Waals surface area contributed by atoms with Crippen LogP contribution in [0.15, 0.2) is 0 Å². The third-order valence-corrected chi connectivity index (χ3v) is 1.05. The summed E-state index contributed by atoms with van der Waals surface area (Å²) in [5.41, 5.74) is 0. The van der Waals surface area contributed by atoms with E-state index in [4.69, 9.17) is 5.11 Å². The fraction of sp³-hybridized carbons (Fsp3) is 0.800. The second kappa shape index (κ2) is 3.30. The summed E-state index contributed by atoms with van der Waals surface area (Å²) in [5, 5.41) is 8.32. The van der Waals surface area contributed by atoms with Crippen LogP contribution in [0.25, 0.3) is 0 Å². The molecule has 3 nitrogen and oxygen atoms in total. The topological polar surface area (TPSA) is 46.5 Å². The van der Waals surface area contributed by atoms with E-state index in [2.05, 4.69) is 4.74 Å². The summed E-state index contributed by atoms with van der Waals surface area (Å²) in [7, 11) is 0. The Balaban J connectivity index is 4.62. The number of carbonyl (C=O) groups excluding carboxylic acids is 1. The lowest BCUT2D eigenvalue weighted by Gasteiger charge is -2.25. The van der Waals surface area contributed by atoms with Crippen LogP contribution in [0.1, 0.15) is 6.92 Å². The van der Waals surface area contributed by atoms with Crippen LogP contribution in [0.3, 0.4) is 0 Å². The van der Waals surface area contributed by atoms with Crippen LogP contribution in [0.2, 0.25) is 0 Å². The van der Waals surface area contributed by atoms with E-state index in [9.17, 15) is 31.1 Å². The smallest absolute Gasteiger partial charge is 0.417 e. The van der Waals surface area contributed by atoms with Gasteiger partial charge in [-0.2, -0.15) is 26.3 Å². The first kappa shape index (κ1) is 13.0. The molecule has 1 atom stereocenters. The molecule has 0 spiro atoms. The minimum atomic E-state index is -5.59. The maximum Gasteiger partial charge on any atom is 0.491 e. The van der Waals surface area contributed by atoms with Crippen molar-refractivity contribution in [2.24, 2.45) is 0 Å². The molecule has 9 heteroatoms. The van der Waals surface area contributed by atoms with Crippen LogP contribution in [0, 0.1) is 0 Å². The predicted molar refractivity (Wildman–Crippen MR) is 28.8 cm³/mol. The third-order valence-electron chi connectivity index (χ3n) is 1.05. The lowest BCUT2D eigenvalue weighted by Crippen LogP contribution is -2.48. The van der Waals surface area contributed by atoms with E-state index in [1.807, 2.05) is 0 Å². The van der Waals surface area contributed by atoms with E-state index >= 15 is 0 Å². The molecule has 0 radical (unpaired) electrons. The van der Waals surface area contributed by atoms with Gasteiger partial charge in [-0.15, -0.1) is 0 Å². The molecule has 0 aromatic rings. The van der Waals surface area contributed by atoms with E-state index in [1.54, 1.807) is 0 Å². The van der Waals surface area contributed by atoms with Crippen molar-refractivity contribution in [1.82, 2.24) is 0 Å². The molecule has 0 bridgehead atoms. The van der Waals surface area contributed by atoms with Crippen LogP contribution >= 0.6 is 0 Å². The Hall–Kier alpha value is -0.990. The SMILES string of the molecule is CC(O)(OC(=O)C(F)(F)F)C(F)(F)F. The Morgan fingerprint density at radius 2 is 1.50 bits per heavy atom. The molecule has 0 aliphatic heterocycles. The van der Waals surface area contributed by atoms with Gasteiger partial charge in [0.2, 0.25) is 0 Å². The number of hydrogen-bond donors (Lipinski definition) is 1. The molecule has 0 amide bonds. The summed E-state index contributed by atoms with van der Waals surface area (Å²) in [5.74, 6) is -7.26. The Kier molecular flexibility index (Phi) is 3.06. The van der Waals surface area contributed by atoms with Crippen LogP contribution in [0.4, 0.5) is 26.3 Å². The fourth-order valence-corrected chi connectivity index (χ4v) is 0.296. The number of carbonyl (C=O) groups is 1. The maximum atomic E-state index is 11.7. The molecule has 0 aromatic heterocycles. The first-order valence-electron chi connectivity index (χ1n) is 2.97. The van der Waals surface area contributed by atoms with Gasteiger partial charge in [0.25, 0.3) is 0 Å². The molecule has 0 fully saturated rings. The Morgan fingerprint density at radius 3 is 1.71 bits per heavy atom. The number of rotatable bonds is 1. The molecule has 0 saturated carbocycles. The normalized spacial score (nSPS) is 17.4. The first-order valence-corrected chi connectivity index (χ1v) is 2.97. The van der Waals surface area contributed by atoms with E-state index in [0.717, 1.165) is 0 Å². The van der Waals surface area contributed by atoms with Gasteiger partial charge in [-0.3, -0.25) is 0 Å². The molecule has 1 N–H and O–H groups in total. The average Bonchev–Trinajstić information content (AvgIpc) is 1.80. The molecule has 0 aromatic carbocycles. The average molecular weight is 226 g/mol. The van der Waals surface area contributed by atoms with Crippen molar-refractivity contribution in [3.8, 4) is 0 Å². The summed E-state index contributed by atoms with van der Waals surface area (Å²) in [6.07, 6.45) is -11.1. The van der Waals surface area contributed by atoms with Gasteiger partial charge in [0, 0.05) is 6.92 Å². The summed E-state index contributed by atoms with van der Waals surface area (Å²) in [6.45, 7) is -0.114. The minimum Gasteiger partial charge on any atom is -0.417 e. The summed E-state index contributed by atoms with van der Waals surface area (Å²) in [6, 6.07) is 0. The predicted octanol–water partition coefficient (Wildman–Crippen LogP) is 1.36. The van der Waals surface area contributed by atoms with Crippen molar-refractivity contribution in [1.29, 1.82) is 0 Å². The summed E-state index contributed by atoms with van der Waals surface area (Å²) < 4.78 is 72.1. The zero-order valence-electron chi connectivity index (χ0n) is 6.53. The number of esters is 1. The molecule has 84 valence electrons. The van der Waals surface area contributed by atoms with Gasteiger partial charge in [0.1, 0.15) is 0 Å². The third kappa shape index (κ3) is 3.05. The first-order chi connectivity index (χ1) is 5.88. The van der Waals surface area contributed by atoms with Crippen molar-refractivity contribution in [3.63, 3.8) is 0 Å². The highest BCUT2D eigenvalue weighted by atomic mass is 19.4. The van der Waals surface area contributed by atoms with Gasteiger partial charge in [0.15, 0.2) is 0 Å². The van der Waals surface area contributed by atoms with Crippen LogP contribution in [-0.2, 0) is 9.53 Å². The number of alkyl halides is 6. The molecule has 0 saturated heterocycles. The van der Waals surface area contributed by atoms with E-state index < -0.39 is 24.1 Å². The highest BCUT2D eigenvalue weighted by Crippen LogP contribution is 2.32. The van der Waals surface area contributed by atoms with Gasteiger partial charge in [-0.1, -0.05) is 0 Å². The Morgan fingerprint density at radius 1 is 1.14 bits per heavy atom. The molecule has 14 heavy (non-hydrogen) atoms. The van der Waals surface area contributed by atoms with Crippen LogP contribution < -0.4 is 0 Å². The van der Waals surface area contributed by atoms with Gasteiger partial charge >= 0.3 is 24.1 Å². The monoisotopic (exact) mass is 226 g/mol. The van der Waals surface area contributed by atoms with Crippen molar-refractivity contribution in [2.45, 2.75) is 25.1 Å². The van der Waals surface area contributed by atoms with Crippen molar-refractivity contribution in [3.05, 3.63) is 0 Å². The molecule has 0 heterocycles. The summed E-state index contributed by atoms with van der Waals surface area (Å²) in [4.78, 5) is 9.92. The molecular weight excluding hydrogens is 222 g/mol. The van der Waals surface area contributed by atoms with Gasteiger partial charge in [0.05, 0.1) is 0 Å². The van der Waals surface area contributed by atoms with Crippen LogP contribution in [0.5, 0.6) is 0 Å². The largest absolute Gasteiger partial charge is 0.491 e. The number of ether oxygens (including phenoxy) is 1. The van der Waals surface area contributed by atoms with E-state index in [-0.39, 0.29) is 6.92 Å². The second-order valence-corrected chi connectivity index (χ2v) is 2.37. The van der Waals surface area contributed by atoms with Gasteiger partial charge in [-0.05, 0) is 0 Å². The lowest BCUT2D eigenvalue weighted by atomic mass is 10.3.